The maximum absolute atomic E-state index is 5.85. The van der Waals surface area contributed by atoms with E-state index in [4.69, 9.17) is 11.6 Å². The highest BCUT2D eigenvalue weighted by atomic mass is 35.5. The van der Waals surface area contributed by atoms with Gasteiger partial charge in [0.2, 0.25) is 0 Å². The molecule has 0 radical (unpaired) electrons. The van der Waals surface area contributed by atoms with Gasteiger partial charge in [-0.15, -0.1) is 0 Å². The molecule has 66 valence electrons. The summed E-state index contributed by atoms with van der Waals surface area (Å²) < 4.78 is 0. The summed E-state index contributed by atoms with van der Waals surface area (Å²) in [7, 11) is 0. The van der Waals surface area contributed by atoms with E-state index in [1.165, 1.54) is 19.5 Å². The molecule has 0 aromatic rings. The molecule has 0 aromatic heterocycles. The number of nitrogens with one attached hydrogen (secondary N) is 1. The highest BCUT2D eigenvalue weighted by Crippen LogP contribution is 2.28. The molecule has 0 amide bonds. The van der Waals surface area contributed by atoms with Crippen molar-refractivity contribution in [2.75, 3.05) is 13.1 Å². The third-order valence-corrected chi connectivity index (χ3v) is 3.07. The Morgan fingerprint density at radius 2 is 2.42 bits per heavy atom. The topological polar surface area (TPSA) is 12.0 Å². The van der Waals surface area contributed by atoms with E-state index in [1.807, 2.05) is 6.08 Å². The van der Waals surface area contributed by atoms with Gasteiger partial charge in [0.1, 0.15) is 0 Å². The first-order chi connectivity index (χ1) is 5.86. The zero-order chi connectivity index (χ0) is 8.39. The van der Waals surface area contributed by atoms with Gasteiger partial charge in [-0.1, -0.05) is 23.8 Å². The molecule has 2 rings (SSSR count). The summed E-state index contributed by atoms with van der Waals surface area (Å²) in [5.41, 5.74) is 0. The van der Waals surface area contributed by atoms with Gasteiger partial charge in [-0.25, -0.2) is 0 Å². The molecular formula is C10H14ClN. The van der Waals surface area contributed by atoms with Gasteiger partial charge < -0.3 is 5.32 Å². The van der Waals surface area contributed by atoms with Crippen molar-refractivity contribution in [3.63, 3.8) is 0 Å². The van der Waals surface area contributed by atoms with E-state index >= 15 is 0 Å². The molecule has 0 spiro atoms. The fraction of sp³-hybridized carbons (Fsp3) is 0.600. The predicted molar refractivity (Wildman–Crippen MR) is 52.2 cm³/mol. The van der Waals surface area contributed by atoms with E-state index in [2.05, 4.69) is 17.5 Å². The second-order valence-electron chi connectivity index (χ2n) is 3.60. The van der Waals surface area contributed by atoms with Crippen molar-refractivity contribution < 1.29 is 0 Å². The second-order valence-corrected chi connectivity index (χ2v) is 4.04. The molecular weight excluding hydrogens is 170 g/mol. The highest BCUT2D eigenvalue weighted by molar-refractivity contribution is 6.31. The van der Waals surface area contributed by atoms with Crippen LogP contribution < -0.4 is 5.32 Å². The number of hydrogen-bond acceptors (Lipinski definition) is 1. The van der Waals surface area contributed by atoms with Crippen LogP contribution in [-0.4, -0.2) is 13.1 Å². The largest absolute Gasteiger partial charge is 0.316 e. The Kier molecular flexibility index (Phi) is 2.52. The molecule has 1 aliphatic carbocycles. The Bertz CT molecular complexity index is 214. The van der Waals surface area contributed by atoms with Crippen molar-refractivity contribution in [1.29, 1.82) is 0 Å². The average Bonchev–Trinajstić information content (AvgIpc) is 2.58. The van der Waals surface area contributed by atoms with E-state index in [1.54, 1.807) is 0 Å². The van der Waals surface area contributed by atoms with Crippen molar-refractivity contribution in [2.24, 2.45) is 11.8 Å². The molecule has 1 aliphatic heterocycles. The number of halogens is 1. The first kappa shape index (κ1) is 8.33. The Morgan fingerprint density at radius 1 is 1.50 bits per heavy atom. The summed E-state index contributed by atoms with van der Waals surface area (Å²) in [5.74, 6) is 1.56. The van der Waals surface area contributed by atoms with Crippen LogP contribution in [0.2, 0.25) is 0 Å². The molecule has 1 N–H and O–H groups in total. The molecule has 0 bridgehead atoms. The molecule has 2 aliphatic rings. The Labute approximate surface area is 78.5 Å². The third kappa shape index (κ3) is 1.73. The van der Waals surface area contributed by atoms with Crippen LogP contribution >= 0.6 is 11.6 Å². The van der Waals surface area contributed by atoms with Gasteiger partial charge in [0.15, 0.2) is 0 Å². The normalized spacial score (nSPS) is 35.2. The van der Waals surface area contributed by atoms with Gasteiger partial charge in [-0.3, -0.25) is 0 Å². The molecule has 1 unspecified atom stereocenters. The summed E-state index contributed by atoms with van der Waals surface area (Å²) in [6, 6.07) is 0. The fourth-order valence-electron chi connectivity index (χ4n) is 2.00. The molecule has 2 heteroatoms. The van der Waals surface area contributed by atoms with Crippen LogP contribution in [-0.2, 0) is 0 Å². The third-order valence-electron chi connectivity index (χ3n) is 2.79. The maximum Gasteiger partial charge on any atom is 0.0363 e. The minimum atomic E-state index is 0.725. The lowest BCUT2D eigenvalue weighted by atomic mass is 9.86. The van der Waals surface area contributed by atoms with E-state index in [9.17, 15) is 0 Å². The maximum atomic E-state index is 5.85. The monoisotopic (exact) mass is 183 g/mol. The van der Waals surface area contributed by atoms with Crippen LogP contribution in [0.3, 0.4) is 0 Å². The highest BCUT2D eigenvalue weighted by Gasteiger charge is 2.23. The van der Waals surface area contributed by atoms with Crippen LogP contribution in [0.5, 0.6) is 0 Å². The van der Waals surface area contributed by atoms with Crippen molar-refractivity contribution >= 4 is 11.6 Å². The van der Waals surface area contributed by atoms with E-state index < -0.39 is 0 Å². The zero-order valence-electron chi connectivity index (χ0n) is 7.09. The molecule has 2 atom stereocenters. The van der Waals surface area contributed by atoms with Crippen LogP contribution in [0.15, 0.2) is 23.3 Å². The Morgan fingerprint density at radius 3 is 3.00 bits per heavy atom. The molecule has 12 heavy (non-hydrogen) atoms. The molecule has 1 fully saturated rings. The number of rotatable bonds is 1. The fourth-order valence-corrected chi connectivity index (χ4v) is 2.16. The molecule has 1 nitrogen and oxygen atoms in total. The van der Waals surface area contributed by atoms with Crippen molar-refractivity contribution in [3.8, 4) is 0 Å². The average molecular weight is 184 g/mol. The summed E-state index contributed by atoms with van der Waals surface area (Å²) in [6.07, 6.45) is 8.88. The van der Waals surface area contributed by atoms with Crippen LogP contribution in [0.4, 0.5) is 0 Å². The smallest absolute Gasteiger partial charge is 0.0363 e. The lowest BCUT2D eigenvalue weighted by Crippen LogP contribution is -2.16. The predicted octanol–water partition coefficient (Wildman–Crippen LogP) is 2.29. The molecule has 1 saturated heterocycles. The van der Waals surface area contributed by atoms with E-state index in [-0.39, 0.29) is 0 Å². The van der Waals surface area contributed by atoms with Crippen molar-refractivity contribution in [1.82, 2.24) is 5.32 Å². The van der Waals surface area contributed by atoms with Crippen LogP contribution in [0, 0.1) is 11.8 Å². The first-order valence-corrected chi connectivity index (χ1v) is 4.98. The standard InChI is InChI=1S/C10H14ClN/c11-10-3-1-8(2-4-10)9-5-6-12-7-9/h1,3-4,8-9,12H,2,5-7H2/t8?,9-/m0/s1. The van der Waals surface area contributed by atoms with Crippen molar-refractivity contribution in [2.45, 2.75) is 12.8 Å². The SMILES string of the molecule is ClC1=CCC([C@H]2CCNC2)C=C1. The van der Waals surface area contributed by atoms with E-state index in [0.29, 0.717) is 0 Å². The first-order valence-electron chi connectivity index (χ1n) is 4.61. The Balaban J connectivity index is 1.94. The van der Waals surface area contributed by atoms with Gasteiger partial charge >= 0.3 is 0 Å². The van der Waals surface area contributed by atoms with Gasteiger partial charge in [0, 0.05) is 5.03 Å². The number of hydrogen-bond donors (Lipinski definition) is 1. The quantitative estimate of drug-likeness (QED) is 0.658. The second kappa shape index (κ2) is 3.63. The summed E-state index contributed by atoms with van der Waals surface area (Å²) in [6.45, 7) is 2.37. The van der Waals surface area contributed by atoms with Gasteiger partial charge in [-0.2, -0.15) is 0 Å². The van der Waals surface area contributed by atoms with Gasteiger partial charge in [-0.05, 0) is 43.8 Å². The van der Waals surface area contributed by atoms with Crippen LogP contribution in [0.1, 0.15) is 12.8 Å². The summed E-state index contributed by atoms with van der Waals surface area (Å²) >= 11 is 5.85. The molecule has 1 heterocycles. The van der Waals surface area contributed by atoms with E-state index in [0.717, 1.165) is 23.3 Å². The lowest BCUT2D eigenvalue weighted by molar-refractivity contribution is 0.429. The minimum absolute atomic E-state index is 0.725. The zero-order valence-corrected chi connectivity index (χ0v) is 7.85. The summed E-state index contributed by atoms with van der Waals surface area (Å²) in [4.78, 5) is 0. The number of allylic oxidation sites excluding steroid dienone is 4. The van der Waals surface area contributed by atoms with Crippen molar-refractivity contribution in [3.05, 3.63) is 23.3 Å². The molecule has 0 aromatic carbocycles. The Hall–Kier alpha value is -0.270. The van der Waals surface area contributed by atoms with Gasteiger partial charge in [0.05, 0.1) is 0 Å². The summed E-state index contributed by atoms with van der Waals surface area (Å²) in [5, 5.41) is 4.29. The van der Waals surface area contributed by atoms with Crippen LogP contribution in [0.25, 0.3) is 0 Å². The minimum Gasteiger partial charge on any atom is -0.316 e. The van der Waals surface area contributed by atoms with Gasteiger partial charge in [0.25, 0.3) is 0 Å². The molecule has 0 saturated carbocycles. The lowest BCUT2D eigenvalue weighted by Gasteiger charge is -2.20.